The zero-order valence-electron chi connectivity index (χ0n) is 15.5. The molecule has 2 aromatic rings. The third-order valence-corrected chi connectivity index (χ3v) is 6.69. The van der Waals surface area contributed by atoms with Crippen molar-refractivity contribution in [2.45, 2.75) is 25.4 Å². The first-order valence-electron chi connectivity index (χ1n) is 8.78. The van der Waals surface area contributed by atoms with Gasteiger partial charge in [-0.25, -0.2) is 8.42 Å². The lowest BCUT2D eigenvalue weighted by Crippen LogP contribution is -2.42. The summed E-state index contributed by atoms with van der Waals surface area (Å²) in [6.45, 7) is 2.50. The molecule has 1 aliphatic rings. The molecule has 1 atom stereocenters. The number of hydrogen-bond acceptors (Lipinski definition) is 5. The lowest BCUT2D eigenvalue weighted by molar-refractivity contribution is 0.102. The van der Waals surface area contributed by atoms with Gasteiger partial charge in [0.15, 0.2) is 9.84 Å². The van der Waals surface area contributed by atoms with Gasteiger partial charge in [0.05, 0.1) is 18.6 Å². The number of sulfone groups is 1. The van der Waals surface area contributed by atoms with Crippen LogP contribution in [0.4, 0.5) is 5.69 Å². The number of hydrogen-bond donors (Lipinski definition) is 2. The molecule has 0 aromatic heterocycles. The first kappa shape index (κ1) is 19.4. The summed E-state index contributed by atoms with van der Waals surface area (Å²) in [5.41, 5.74) is 1.87. The first-order valence-corrected chi connectivity index (χ1v) is 10.6. The highest BCUT2D eigenvalue weighted by molar-refractivity contribution is 7.91. The van der Waals surface area contributed by atoms with E-state index in [1.807, 2.05) is 19.1 Å². The van der Waals surface area contributed by atoms with Crippen LogP contribution >= 0.6 is 0 Å². The largest absolute Gasteiger partial charge is 0.497 e. The van der Waals surface area contributed by atoms with Crippen molar-refractivity contribution in [3.63, 3.8) is 0 Å². The average molecular weight is 388 g/mol. The highest BCUT2D eigenvalue weighted by Crippen LogP contribution is 2.23. The molecule has 27 heavy (non-hydrogen) atoms. The van der Waals surface area contributed by atoms with E-state index in [0.717, 1.165) is 11.3 Å². The maximum Gasteiger partial charge on any atom is 0.255 e. The van der Waals surface area contributed by atoms with Crippen LogP contribution in [-0.2, 0) is 16.4 Å². The summed E-state index contributed by atoms with van der Waals surface area (Å²) in [5, 5.41) is 6.18. The minimum Gasteiger partial charge on any atom is -0.497 e. The Labute approximate surface area is 159 Å². The monoisotopic (exact) mass is 388 g/mol. The van der Waals surface area contributed by atoms with Crippen molar-refractivity contribution in [2.24, 2.45) is 0 Å². The van der Waals surface area contributed by atoms with Gasteiger partial charge in [0, 0.05) is 23.3 Å². The lowest BCUT2D eigenvalue weighted by Gasteiger charge is -2.24. The Morgan fingerprint density at radius 1 is 1.11 bits per heavy atom. The van der Waals surface area contributed by atoms with Gasteiger partial charge in [0.1, 0.15) is 5.75 Å². The zero-order chi connectivity index (χ0) is 19.5. The predicted molar refractivity (Wildman–Crippen MR) is 106 cm³/mol. The maximum absolute atomic E-state index is 12.3. The van der Waals surface area contributed by atoms with Crippen molar-refractivity contribution in [1.29, 1.82) is 0 Å². The second-order valence-electron chi connectivity index (χ2n) is 7.14. The van der Waals surface area contributed by atoms with Crippen molar-refractivity contribution in [3.05, 3.63) is 59.7 Å². The van der Waals surface area contributed by atoms with Crippen molar-refractivity contribution < 1.29 is 17.9 Å². The fourth-order valence-corrected chi connectivity index (χ4v) is 5.24. The minimum absolute atomic E-state index is 0.169. The van der Waals surface area contributed by atoms with Crippen molar-refractivity contribution in [1.82, 2.24) is 5.32 Å². The zero-order valence-corrected chi connectivity index (χ0v) is 16.3. The number of amides is 1. The number of nitrogens with one attached hydrogen (secondary N) is 2. The van der Waals surface area contributed by atoms with E-state index in [-0.39, 0.29) is 23.0 Å². The molecule has 6 nitrogen and oxygen atoms in total. The molecule has 3 rings (SSSR count). The summed E-state index contributed by atoms with van der Waals surface area (Å²) in [7, 11) is -1.34. The molecule has 1 saturated heterocycles. The van der Waals surface area contributed by atoms with E-state index in [1.165, 1.54) is 0 Å². The Morgan fingerprint density at radius 3 is 2.33 bits per heavy atom. The van der Waals surface area contributed by atoms with E-state index in [2.05, 4.69) is 10.6 Å². The van der Waals surface area contributed by atoms with Gasteiger partial charge in [0.25, 0.3) is 5.91 Å². The molecular weight excluding hydrogens is 364 g/mol. The van der Waals surface area contributed by atoms with E-state index in [9.17, 15) is 13.2 Å². The van der Waals surface area contributed by atoms with Crippen LogP contribution in [0.2, 0.25) is 0 Å². The predicted octanol–water partition coefficient (Wildman–Crippen LogP) is 2.61. The normalized spacial score (nSPS) is 21.0. The Kier molecular flexibility index (Phi) is 5.53. The second-order valence-corrected chi connectivity index (χ2v) is 9.32. The van der Waals surface area contributed by atoms with E-state index >= 15 is 0 Å². The van der Waals surface area contributed by atoms with Crippen LogP contribution in [0, 0.1) is 0 Å². The molecular formula is C20H24N2O4S. The molecule has 0 bridgehead atoms. The van der Waals surface area contributed by atoms with Crippen LogP contribution < -0.4 is 15.4 Å². The van der Waals surface area contributed by atoms with Crippen LogP contribution in [0.5, 0.6) is 5.75 Å². The van der Waals surface area contributed by atoms with Crippen LogP contribution in [0.15, 0.2) is 48.5 Å². The molecule has 1 heterocycles. The molecule has 1 fully saturated rings. The summed E-state index contributed by atoms with van der Waals surface area (Å²) in [5.74, 6) is 0.950. The van der Waals surface area contributed by atoms with Crippen LogP contribution in [0.25, 0.3) is 0 Å². The molecule has 2 aromatic carbocycles. The molecule has 1 aliphatic heterocycles. The van der Waals surface area contributed by atoms with E-state index in [1.54, 1.807) is 43.5 Å². The van der Waals surface area contributed by atoms with Crippen LogP contribution in [0.1, 0.15) is 29.3 Å². The Bertz CT molecular complexity index is 908. The minimum atomic E-state index is -2.93. The van der Waals surface area contributed by atoms with Gasteiger partial charge in [-0.1, -0.05) is 12.1 Å². The second kappa shape index (κ2) is 7.70. The van der Waals surface area contributed by atoms with Crippen LogP contribution in [-0.4, -0.2) is 38.5 Å². The van der Waals surface area contributed by atoms with Crippen molar-refractivity contribution >= 4 is 21.4 Å². The Balaban J connectivity index is 1.57. The molecule has 0 aliphatic carbocycles. The fraction of sp³-hybridized carbons (Fsp3) is 0.350. The smallest absolute Gasteiger partial charge is 0.255 e. The third kappa shape index (κ3) is 5.08. The topological polar surface area (TPSA) is 84.5 Å². The number of ether oxygens (including phenoxy) is 1. The Hall–Kier alpha value is -2.38. The van der Waals surface area contributed by atoms with Gasteiger partial charge in [-0.2, -0.15) is 0 Å². The van der Waals surface area contributed by atoms with Gasteiger partial charge in [-0.15, -0.1) is 0 Å². The molecule has 0 spiro atoms. The standard InChI is InChI=1S/C20H24N2O4S/c1-20(11-12-27(24,25)14-20)21-13-15-3-5-16(6-4-15)19(23)22-17-7-9-18(26-2)10-8-17/h3-10,21H,11-14H2,1-2H3,(H,22,23)/t20-/m1/s1. The molecule has 144 valence electrons. The van der Waals surface area contributed by atoms with Crippen molar-refractivity contribution in [2.75, 3.05) is 23.9 Å². The summed E-state index contributed by atoms with van der Waals surface area (Å²) in [4.78, 5) is 12.3. The SMILES string of the molecule is COc1ccc(NC(=O)c2ccc(CN[C@]3(C)CCS(=O)(=O)C3)cc2)cc1. The average Bonchev–Trinajstić information content (AvgIpc) is 2.94. The van der Waals surface area contributed by atoms with Gasteiger partial charge < -0.3 is 15.4 Å². The van der Waals surface area contributed by atoms with E-state index in [4.69, 9.17) is 4.74 Å². The molecule has 1 amide bonds. The fourth-order valence-electron chi connectivity index (χ4n) is 3.12. The van der Waals surface area contributed by atoms with Crippen LogP contribution in [0.3, 0.4) is 0 Å². The van der Waals surface area contributed by atoms with E-state index in [0.29, 0.717) is 24.2 Å². The molecule has 0 saturated carbocycles. The van der Waals surface area contributed by atoms with Gasteiger partial charge >= 0.3 is 0 Å². The van der Waals surface area contributed by atoms with E-state index < -0.39 is 9.84 Å². The highest BCUT2D eigenvalue weighted by Gasteiger charge is 2.37. The van der Waals surface area contributed by atoms with Crippen molar-refractivity contribution in [3.8, 4) is 5.75 Å². The lowest BCUT2D eigenvalue weighted by atomic mass is 10.0. The highest BCUT2D eigenvalue weighted by atomic mass is 32.2. The van der Waals surface area contributed by atoms with Gasteiger partial charge in [-0.3, -0.25) is 4.79 Å². The van der Waals surface area contributed by atoms with Gasteiger partial charge in [-0.05, 0) is 55.3 Å². The molecule has 7 heteroatoms. The van der Waals surface area contributed by atoms with Gasteiger partial charge in [0.2, 0.25) is 0 Å². The summed E-state index contributed by atoms with van der Waals surface area (Å²) in [6, 6.07) is 14.4. The quantitative estimate of drug-likeness (QED) is 0.795. The third-order valence-electron chi connectivity index (χ3n) is 4.79. The number of carbonyl (C=O) groups excluding carboxylic acids is 1. The molecule has 2 N–H and O–H groups in total. The first-order chi connectivity index (χ1) is 12.8. The summed E-state index contributed by atoms with van der Waals surface area (Å²) >= 11 is 0. The molecule has 0 unspecified atom stereocenters. The number of rotatable bonds is 6. The molecule has 0 radical (unpaired) electrons. The number of benzene rings is 2. The Morgan fingerprint density at radius 2 is 1.78 bits per heavy atom. The maximum atomic E-state index is 12.3. The summed E-state index contributed by atoms with van der Waals surface area (Å²) in [6.07, 6.45) is 0.623. The number of carbonyl (C=O) groups is 1. The number of anilines is 1. The number of methoxy groups -OCH3 is 1. The summed E-state index contributed by atoms with van der Waals surface area (Å²) < 4.78 is 28.4.